The van der Waals surface area contributed by atoms with Crippen LogP contribution in [0.1, 0.15) is 20.8 Å². The zero-order valence-electron chi connectivity index (χ0n) is 17.4. The summed E-state index contributed by atoms with van der Waals surface area (Å²) in [5.74, 6) is 0.946. The van der Waals surface area contributed by atoms with E-state index in [1.54, 1.807) is 23.3 Å². The van der Waals surface area contributed by atoms with Gasteiger partial charge in [0.25, 0.3) is 0 Å². The number of hydrogen-bond acceptors (Lipinski definition) is 4. The number of aryl methyl sites for hydroxylation is 1. The number of anilines is 2. The molecule has 28 heavy (non-hydrogen) atoms. The topological polar surface area (TPSA) is 52.0 Å². The average Bonchev–Trinajstić information content (AvgIpc) is 3.00. The Morgan fingerprint density at radius 1 is 1.00 bits per heavy atom. The minimum absolute atomic E-state index is 0.209. The van der Waals surface area contributed by atoms with E-state index in [1.807, 2.05) is 49.6 Å². The van der Waals surface area contributed by atoms with Crippen LogP contribution in [0.15, 0.2) is 65.7 Å². The standard InChI is InChI=1S/C17H24N2OSi.C4H5BrN2/c1-17(2,3)21(4,5)20-16-8-6-14(7-9-16)19-15-10-12-18-13-11-15;1-7-3-4(5)2-6-7/h6-13H,1-5H3,(H,18,19);2-3H,1H3. The number of halogens is 1. The highest BCUT2D eigenvalue weighted by Crippen LogP contribution is 2.37. The highest BCUT2D eigenvalue weighted by atomic mass is 79.9. The minimum Gasteiger partial charge on any atom is -0.544 e. The summed E-state index contributed by atoms with van der Waals surface area (Å²) in [6.45, 7) is 11.3. The maximum Gasteiger partial charge on any atom is 0.250 e. The maximum absolute atomic E-state index is 6.27. The maximum atomic E-state index is 6.27. The highest BCUT2D eigenvalue weighted by molar-refractivity contribution is 9.10. The van der Waals surface area contributed by atoms with Crippen LogP contribution in [0.2, 0.25) is 18.1 Å². The second-order valence-corrected chi connectivity index (χ2v) is 13.7. The summed E-state index contributed by atoms with van der Waals surface area (Å²) in [5, 5.41) is 7.44. The van der Waals surface area contributed by atoms with E-state index in [4.69, 9.17) is 4.43 Å². The predicted molar refractivity (Wildman–Crippen MR) is 123 cm³/mol. The monoisotopic (exact) mass is 460 g/mol. The van der Waals surface area contributed by atoms with Crippen LogP contribution in [0.4, 0.5) is 11.4 Å². The van der Waals surface area contributed by atoms with Gasteiger partial charge >= 0.3 is 0 Å². The molecule has 1 N–H and O–H groups in total. The van der Waals surface area contributed by atoms with Crippen molar-refractivity contribution in [2.75, 3.05) is 5.32 Å². The number of hydrogen-bond donors (Lipinski definition) is 1. The average molecular weight is 461 g/mol. The summed E-state index contributed by atoms with van der Waals surface area (Å²) < 4.78 is 9.04. The third-order valence-corrected chi connectivity index (χ3v) is 9.44. The Bertz CT molecular complexity index is 842. The van der Waals surface area contributed by atoms with Crippen molar-refractivity contribution >= 4 is 35.6 Å². The van der Waals surface area contributed by atoms with Crippen LogP contribution in [0.3, 0.4) is 0 Å². The molecule has 0 spiro atoms. The number of rotatable bonds is 4. The molecule has 0 unspecified atom stereocenters. The zero-order valence-corrected chi connectivity index (χ0v) is 20.0. The van der Waals surface area contributed by atoms with Crippen molar-refractivity contribution in [3.05, 3.63) is 65.7 Å². The molecule has 0 amide bonds. The van der Waals surface area contributed by atoms with E-state index in [0.717, 1.165) is 21.6 Å². The SMILES string of the molecule is CC(C)(C)[Si](C)(C)Oc1ccc(Nc2ccncc2)cc1.Cn1cc(Br)cn1. The van der Waals surface area contributed by atoms with Crippen LogP contribution >= 0.6 is 15.9 Å². The number of benzene rings is 1. The van der Waals surface area contributed by atoms with E-state index in [-0.39, 0.29) is 5.04 Å². The van der Waals surface area contributed by atoms with Gasteiger partial charge in [-0.25, -0.2) is 0 Å². The minimum atomic E-state index is -1.77. The fraction of sp³-hybridized carbons (Fsp3) is 0.333. The molecular weight excluding hydrogens is 432 g/mol. The molecule has 3 rings (SSSR count). The van der Waals surface area contributed by atoms with Gasteiger partial charge in [0.15, 0.2) is 0 Å². The molecule has 2 heterocycles. The Labute approximate surface area is 177 Å². The quantitative estimate of drug-likeness (QED) is 0.458. The van der Waals surface area contributed by atoms with Crippen molar-refractivity contribution in [1.82, 2.24) is 14.8 Å². The van der Waals surface area contributed by atoms with Crippen LogP contribution in [-0.4, -0.2) is 23.1 Å². The molecule has 0 saturated carbocycles. The predicted octanol–water partition coefficient (Wildman–Crippen LogP) is 6.39. The van der Waals surface area contributed by atoms with Gasteiger partial charge in [-0.15, -0.1) is 0 Å². The number of aromatic nitrogens is 3. The van der Waals surface area contributed by atoms with Crippen molar-refractivity contribution in [2.45, 2.75) is 38.9 Å². The first-order valence-electron chi connectivity index (χ1n) is 9.17. The van der Waals surface area contributed by atoms with E-state index in [2.05, 4.69) is 65.2 Å². The molecule has 0 aliphatic heterocycles. The molecule has 0 fully saturated rings. The van der Waals surface area contributed by atoms with Crippen LogP contribution in [0, 0.1) is 0 Å². The van der Waals surface area contributed by atoms with Crippen LogP contribution in [-0.2, 0) is 7.05 Å². The van der Waals surface area contributed by atoms with E-state index >= 15 is 0 Å². The van der Waals surface area contributed by atoms with Crippen LogP contribution in [0.25, 0.3) is 0 Å². The summed E-state index contributed by atoms with van der Waals surface area (Å²) in [4.78, 5) is 4.01. The molecule has 1 aromatic carbocycles. The summed E-state index contributed by atoms with van der Waals surface area (Å²) >= 11 is 3.25. The Morgan fingerprint density at radius 3 is 2.00 bits per heavy atom. The molecule has 3 aromatic rings. The van der Waals surface area contributed by atoms with Gasteiger partial charge in [0.2, 0.25) is 8.32 Å². The Morgan fingerprint density at radius 2 is 1.57 bits per heavy atom. The summed E-state index contributed by atoms with van der Waals surface area (Å²) in [7, 11) is 0.114. The van der Waals surface area contributed by atoms with Gasteiger partial charge < -0.3 is 9.74 Å². The van der Waals surface area contributed by atoms with Gasteiger partial charge in [-0.05, 0) is 70.5 Å². The van der Waals surface area contributed by atoms with Crippen molar-refractivity contribution < 1.29 is 4.43 Å². The number of nitrogens with zero attached hydrogens (tertiary/aromatic N) is 3. The lowest BCUT2D eigenvalue weighted by Gasteiger charge is -2.36. The van der Waals surface area contributed by atoms with Crippen molar-refractivity contribution in [3.63, 3.8) is 0 Å². The smallest absolute Gasteiger partial charge is 0.250 e. The largest absolute Gasteiger partial charge is 0.544 e. The molecule has 150 valence electrons. The lowest BCUT2D eigenvalue weighted by Crippen LogP contribution is -2.43. The fourth-order valence-electron chi connectivity index (χ4n) is 2.05. The van der Waals surface area contributed by atoms with Crippen molar-refractivity contribution in [1.29, 1.82) is 0 Å². The molecule has 7 heteroatoms. The van der Waals surface area contributed by atoms with E-state index < -0.39 is 8.32 Å². The second-order valence-electron chi connectivity index (χ2n) is 8.08. The lowest BCUT2D eigenvalue weighted by atomic mass is 10.2. The fourth-order valence-corrected chi connectivity index (χ4v) is 3.47. The Kier molecular flexibility index (Phi) is 7.43. The Hall–Kier alpha value is -2.12. The van der Waals surface area contributed by atoms with Crippen molar-refractivity contribution in [2.24, 2.45) is 7.05 Å². The van der Waals surface area contributed by atoms with E-state index in [0.29, 0.717) is 0 Å². The summed E-state index contributed by atoms with van der Waals surface area (Å²) in [6.07, 6.45) is 7.19. The lowest BCUT2D eigenvalue weighted by molar-refractivity contribution is 0.492. The Balaban J connectivity index is 0.000000336. The third kappa shape index (κ3) is 6.80. The number of pyridine rings is 1. The molecular formula is C21H29BrN4OSi. The highest BCUT2D eigenvalue weighted by Gasteiger charge is 2.38. The van der Waals surface area contributed by atoms with Gasteiger partial charge in [-0.2, -0.15) is 5.10 Å². The zero-order chi connectivity index (χ0) is 20.8. The van der Waals surface area contributed by atoms with Gasteiger partial charge in [-0.3, -0.25) is 9.67 Å². The third-order valence-electron chi connectivity index (χ3n) is 4.68. The van der Waals surface area contributed by atoms with Gasteiger partial charge in [0.1, 0.15) is 5.75 Å². The van der Waals surface area contributed by atoms with E-state index in [9.17, 15) is 0 Å². The molecule has 0 saturated heterocycles. The molecule has 0 aliphatic carbocycles. The van der Waals surface area contributed by atoms with E-state index in [1.165, 1.54) is 0 Å². The first-order valence-corrected chi connectivity index (χ1v) is 12.9. The normalized spacial score (nSPS) is 11.4. The molecule has 0 radical (unpaired) electrons. The van der Waals surface area contributed by atoms with Crippen molar-refractivity contribution in [3.8, 4) is 5.75 Å². The molecule has 0 aliphatic rings. The molecule has 0 atom stereocenters. The summed E-state index contributed by atoms with van der Waals surface area (Å²) in [6, 6.07) is 12.0. The van der Waals surface area contributed by atoms with Gasteiger partial charge in [0.05, 0.1) is 10.7 Å². The van der Waals surface area contributed by atoms with Crippen LogP contribution < -0.4 is 9.74 Å². The number of nitrogens with one attached hydrogen (secondary N) is 1. The molecule has 2 aromatic heterocycles. The van der Waals surface area contributed by atoms with Gasteiger partial charge in [0, 0.05) is 37.0 Å². The van der Waals surface area contributed by atoms with Gasteiger partial charge in [-0.1, -0.05) is 20.8 Å². The second kappa shape index (κ2) is 9.38. The van der Waals surface area contributed by atoms with Crippen LogP contribution in [0.5, 0.6) is 5.75 Å². The summed E-state index contributed by atoms with van der Waals surface area (Å²) in [5.41, 5.74) is 2.08. The first-order chi connectivity index (χ1) is 13.1. The molecule has 0 bridgehead atoms. The molecule has 5 nitrogen and oxygen atoms in total. The first kappa shape index (κ1) is 22.2.